The Kier molecular flexibility index (Phi) is 6.00. The van der Waals surface area contributed by atoms with Crippen molar-refractivity contribution in [3.8, 4) is 5.75 Å². The van der Waals surface area contributed by atoms with Crippen LogP contribution < -0.4 is 10.1 Å². The third-order valence-corrected chi connectivity index (χ3v) is 4.40. The van der Waals surface area contributed by atoms with Gasteiger partial charge < -0.3 is 19.4 Å². The second-order valence-electron chi connectivity index (χ2n) is 6.15. The van der Waals surface area contributed by atoms with E-state index in [1.54, 1.807) is 13.4 Å². The number of fused-ring (bicyclic) bond motifs is 1. The Bertz CT molecular complexity index is 701. The average molecular weight is 344 g/mol. The van der Waals surface area contributed by atoms with E-state index in [0.717, 1.165) is 30.1 Å². The second-order valence-corrected chi connectivity index (χ2v) is 6.15. The Labute approximate surface area is 147 Å². The van der Waals surface area contributed by atoms with Crippen molar-refractivity contribution in [2.75, 3.05) is 20.3 Å². The molecule has 25 heavy (non-hydrogen) atoms. The number of nitrogens with one attached hydrogen (secondary N) is 1. The zero-order valence-electron chi connectivity index (χ0n) is 14.5. The molecular weight excluding hydrogens is 320 g/mol. The summed E-state index contributed by atoms with van der Waals surface area (Å²) < 4.78 is 12.7. The van der Waals surface area contributed by atoms with Gasteiger partial charge in [0.1, 0.15) is 12.1 Å². The summed E-state index contributed by atoms with van der Waals surface area (Å²) in [6, 6.07) is 7.91. The lowest BCUT2D eigenvalue weighted by molar-refractivity contribution is -0.125. The fraction of sp³-hybridized carbons (Fsp3) is 0.500. The van der Waals surface area contributed by atoms with E-state index >= 15 is 0 Å². The number of para-hydroxylation sites is 1. The van der Waals surface area contributed by atoms with E-state index < -0.39 is 0 Å². The molecule has 1 aromatic heterocycles. The first-order valence-corrected chi connectivity index (χ1v) is 8.62. The highest BCUT2D eigenvalue weighted by molar-refractivity contribution is 5.79. The first-order chi connectivity index (χ1) is 12.3. The third-order valence-electron chi connectivity index (χ3n) is 4.40. The van der Waals surface area contributed by atoms with Crippen LogP contribution in [0.15, 0.2) is 30.6 Å². The van der Waals surface area contributed by atoms with Gasteiger partial charge in [-0.3, -0.25) is 4.79 Å². The minimum Gasteiger partial charge on any atom is -0.493 e. The Balaban J connectivity index is 1.55. The van der Waals surface area contributed by atoms with Gasteiger partial charge in [0.05, 0.1) is 13.2 Å². The van der Waals surface area contributed by atoms with Crippen LogP contribution in [0.4, 0.5) is 0 Å². The quantitative estimate of drug-likeness (QED) is 0.772. The van der Waals surface area contributed by atoms with Gasteiger partial charge in [0.25, 0.3) is 0 Å². The summed E-state index contributed by atoms with van der Waals surface area (Å²) in [7, 11) is 1.68. The Morgan fingerprint density at radius 3 is 3.20 bits per heavy atom. The van der Waals surface area contributed by atoms with Gasteiger partial charge in [0.15, 0.2) is 5.82 Å². The monoisotopic (exact) mass is 344 g/mol. The highest BCUT2D eigenvalue weighted by Crippen LogP contribution is 2.26. The Morgan fingerprint density at radius 2 is 2.32 bits per heavy atom. The lowest BCUT2D eigenvalue weighted by atomic mass is 9.96. The number of carbonyl (C=O) groups is 1. The standard InChI is InChI=1S/C18H24N4O3/c1-24-9-4-8-22-13-20-21-17(22)12-19-18(23)15-7-10-25-16-6-3-2-5-14(16)11-15/h2-3,5-6,13,15H,4,7-12H2,1H3,(H,19,23)/t15-/m1/s1. The molecule has 0 fully saturated rings. The zero-order chi connectivity index (χ0) is 17.5. The number of hydrogen-bond acceptors (Lipinski definition) is 5. The fourth-order valence-electron chi connectivity index (χ4n) is 3.01. The summed E-state index contributed by atoms with van der Waals surface area (Å²) in [5.41, 5.74) is 1.09. The summed E-state index contributed by atoms with van der Waals surface area (Å²) in [4.78, 5) is 12.6. The van der Waals surface area contributed by atoms with Gasteiger partial charge >= 0.3 is 0 Å². The molecule has 1 aliphatic rings. The van der Waals surface area contributed by atoms with Crippen molar-refractivity contribution in [1.82, 2.24) is 20.1 Å². The number of hydrogen-bond donors (Lipinski definition) is 1. The van der Waals surface area contributed by atoms with E-state index in [1.165, 1.54) is 0 Å². The lowest BCUT2D eigenvalue weighted by Crippen LogP contribution is -2.32. The predicted molar refractivity (Wildman–Crippen MR) is 92.1 cm³/mol. The van der Waals surface area contributed by atoms with E-state index in [9.17, 15) is 4.79 Å². The molecule has 0 bridgehead atoms. The number of amides is 1. The van der Waals surface area contributed by atoms with Gasteiger partial charge in [-0.05, 0) is 30.9 Å². The van der Waals surface area contributed by atoms with Gasteiger partial charge in [0, 0.05) is 26.2 Å². The van der Waals surface area contributed by atoms with Crippen molar-refractivity contribution in [2.24, 2.45) is 5.92 Å². The lowest BCUT2D eigenvalue weighted by Gasteiger charge is -2.14. The van der Waals surface area contributed by atoms with E-state index in [-0.39, 0.29) is 11.8 Å². The molecule has 2 heterocycles. The predicted octanol–water partition coefficient (Wildman–Crippen LogP) is 1.57. The van der Waals surface area contributed by atoms with Crippen molar-refractivity contribution in [3.63, 3.8) is 0 Å². The average Bonchev–Trinajstić information content (AvgIpc) is 2.96. The molecule has 1 atom stereocenters. The molecule has 0 saturated heterocycles. The number of methoxy groups -OCH3 is 1. The normalized spacial score (nSPS) is 16.6. The van der Waals surface area contributed by atoms with Crippen LogP contribution in [0.3, 0.4) is 0 Å². The van der Waals surface area contributed by atoms with Crippen molar-refractivity contribution in [3.05, 3.63) is 42.0 Å². The first kappa shape index (κ1) is 17.4. The van der Waals surface area contributed by atoms with Crippen LogP contribution in [0.2, 0.25) is 0 Å². The molecule has 1 aromatic carbocycles. The molecule has 7 heteroatoms. The number of nitrogens with zero attached hydrogens (tertiary/aromatic N) is 3. The largest absolute Gasteiger partial charge is 0.493 e. The molecule has 3 rings (SSSR count). The van der Waals surface area contributed by atoms with Gasteiger partial charge in [-0.15, -0.1) is 10.2 Å². The molecule has 0 aliphatic carbocycles. The van der Waals surface area contributed by atoms with Gasteiger partial charge in [-0.1, -0.05) is 18.2 Å². The smallest absolute Gasteiger partial charge is 0.223 e. The van der Waals surface area contributed by atoms with Crippen LogP contribution in [-0.2, 0) is 29.0 Å². The van der Waals surface area contributed by atoms with Crippen LogP contribution in [-0.4, -0.2) is 41.0 Å². The first-order valence-electron chi connectivity index (χ1n) is 8.62. The van der Waals surface area contributed by atoms with Crippen molar-refractivity contribution in [1.29, 1.82) is 0 Å². The maximum absolute atomic E-state index is 12.6. The maximum atomic E-state index is 12.6. The summed E-state index contributed by atoms with van der Waals surface area (Å²) in [6.45, 7) is 2.40. The molecule has 1 amide bonds. The van der Waals surface area contributed by atoms with E-state index in [4.69, 9.17) is 9.47 Å². The topological polar surface area (TPSA) is 78.3 Å². The van der Waals surface area contributed by atoms with Crippen molar-refractivity contribution >= 4 is 5.91 Å². The maximum Gasteiger partial charge on any atom is 0.223 e. The van der Waals surface area contributed by atoms with Crippen LogP contribution in [0, 0.1) is 5.92 Å². The van der Waals surface area contributed by atoms with E-state index in [1.807, 2.05) is 28.8 Å². The van der Waals surface area contributed by atoms with Gasteiger partial charge in [-0.25, -0.2) is 0 Å². The highest BCUT2D eigenvalue weighted by atomic mass is 16.5. The summed E-state index contributed by atoms with van der Waals surface area (Å²) >= 11 is 0. The van der Waals surface area contributed by atoms with Gasteiger partial charge in [0.2, 0.25) is 5.91 Å². The van der Waals surface area contributed by atoms with Crippen molar-refractivity contribution in [2.45, 2.75) is 32.4 Å². The van der Waals surface area contributed by atoms with E-state index in [0.29, 0.717) is 32.6 Å². The Hall–Kier alpha value is -2.41. The van der Waals surface area contributed by atoms with Crippen LogP contribution >= 0.6 is 0 Å². The summed E-state index contributed by atoms with van der Waals surface area (Å²) in [6.07, 6.45) is 3.97. The number of aryl methyl sites for hydroxylation is 1. The Morgan fingerprint density at radius 1 is 1.44 bits per heavy atom. The van der Waals surface area contributed by atoms with Crippen LogP contribution in [0.5, 0.6) is 5.75 Å². The van der Waals surface area contributed by atoms with Crippen LogP contribution in [0.1, 0.15) is 24.2 Å². The third kappa shape index (κ3) is 4.57. The number of ether oxygens (including phenoxy) is 2. The van der Waals surface area contributed by atoms with E-state index in [2.05, 4.69) is 15.5 Å². The molecular formula is C18H24N4O3. The van der Waals surface area contributed by atoms with Crippen molar-refractivity contribution < 1.29 is 14.3 Å². The molecule has 1 N–H and O–H groups in total. The minimum absolute atomic E-state index is 0.0340. The number of carbonyl (C=O) groups excluding carboxylic acids is 1. The van der Waals surface area contributed by atoms with Crippen LogP contribution in [0.25, 0.3) is 0 Å². The molecule has 0 saturated carbocycles. The number of rotatable bonds is 7. The summed E-state index contributed by atoms with van der Waals surface area (Å²) in [5, 5.41) is 11.0. The van der Waals surface area contributed by atoms with Gasteiger partial charge in [-0.2, -0.15) is 0 Å². The molecule has 2 aromatic rings. The fourth-order valence-corrected chi connectivity index (χ4v) is 3.01. The molecule has 0 spiro atoms. The molecule has 7 nitrogen and oxygen atoms in total. The molecule has 0 unspecified atom stereocenters. The second kappa shape index (κ2) is 8.62. The molecule has 134 valence electrons. The molecule has 0 radical (unpaired) electrons. The summed E-state index contributed by atoms with van der Waals surface area (Å²) in [5.74, 6) is 1.59. The number of aromatic nitrogens is 3. The molecule has 1 aliphatic heterocycles. The number of benzene rings is 1. The highest BCUT2D eigenvalue weighted by Gasteiger charge is 2.23. The minimum atomic E-state index is -0.0893. The SMILES string of the molecule is COCCCn1cnnc1CNC(=O)[C@@H]1CCOc2ccccc2C1. The zero-order valence-corrected chi connectivity index (χ0v) is 14.5.